The highest BCUT2D eigenvalue weighted by molar-refractivity contribution is 9.10. The van der Waals surface area contributed by atoms with E-state index in [1.807, 2.05) is 6.92 Å². The molecule has 25 heavy (non-hydrogen) atoms. The van der Waals surface area contributed by atoms with Crippen molar-refractivity contribution in [2.75, 3.05) is 13.7 Å². The summed E-state index contributed by atoms with van der Waals surface area (Å²) < 4.78 is 35.7. The minimum absolute atomic E-state index is 0.0690. The number of sulfonamides is 1. The highest BCUT2D eigenvalue weighted by Crippen LogP contribution is 2.36. The molecular formula is C16H16BrClN2O4S. The molecule has 9 heteroatoms. The van der Waals surface area contributed by atoms with Gasteiger partial charge in [0.25, 0.3) is 10.0 Å². The van der Waals surface area contributed by atoms with Crippen molar-refractivity contribution in [1.29, 1.82) is 0 Å². The molecule has 0 saturated heterocycles. The molecule has 134 valence electrons. The molecule has 1 N–H and O–H groups in total. The molecule has 2 rings (SSSR count). The molecule has 0 aliphatic rings. The van der Waals surface area contributed by atoms with Crippen molar-refractivity contribution in [2.24, 2.45) is 5.10 Å². The summed E-state index contributed by atoms with van der Waals surface area (Å²) in [7, 11) is -2.24. The topological polar surface area (TPSA) is 77.0 Å². The lowest BCUT2D eigenvalue weighted by molar-refractivity contribution is 0.309. The van der Waals surface area contributed by atoms with Gasteiger partial charge in [0.2, 0.25) is 0 Å². The van der Waals surface area contributed by atoms with Crippen LogP contribution in [-0.2, 0) is 10.0 Å². The smallest absolute Gasteiger partial charge is 0.276 e. The van der Waals surface area contributed by atoms with Crippen molar-refractivity contribution < 1.29 is 17.9 Å². The number of nitrogens with zero attached hydrogens (tertiary/aromatic N) is 1. The van der Waals surface area contributed by atoms with Gasteiger partial charge in [-0.3, -0.25) is 0 Å². The van der Waals surface area contributed by atoms with Crippen LogP contribution in [0.25, 0.3) is 0 Å². The van der Waals surface area contributed by atoms with E-state index in [1.165, 1.54) is 37.6 Å². The summed E-state index contributed by atoms with van der Waals surface area (Å²) in [5.74, 6) is 1.09. The fourth-order valence-electron chi connectivity index (χ4n) is 1.94. The molecule has 0 fully saturated rings. The largest absolute Gasteiger partial charge is 0.493 e. The number of benzene rings is 2. The average Bonchev–Trinajstić information content (AvgIpc) is 2.57. The maximum Gasteiger partial charge on any atom is 0.276 e. The zero-order valence-electron chi connectivity index (χ0n) is 13.5. The van der Waals surface area contributed by atoms with E-state index in [-0.39, 0.29) is 4.90 Å². The van der Waals surface area contributed by atoms with Crippen LogP contribution in [0.4, 0.5) is 0 Å². The average molecular weight is 448 g/mol. The van der Waals surface area contributed by atoms with Gasteiger partial charge in [-0.1, -0.05) is 11.6 Å². The first-order valence-electron chi connectivity index (χ1n) is 7.18. The van der Waals surface area contributed by atoms with Crippen molar-refractivity contribution in [3.8, 4) is 11.5 Å². The van der Waals surface area contributed by atoms with Gasteiger partial charge in [-0.15, -0.1) is 0 Å². The Kier molecular flexibility index (Phi) is 6.69. The van der Waals surface area contributed by atoms with Crippen LogP contribution in [-0.4, -0.2) is 28.3 Å². The Labute approximate surface area is 160 Å². The van der Waals surface area contributed by atoms with E-state index in [0.717, 1.165) is 0 Å². The summed E-state index contributed by atoms with van der Waals surface area (Å²) in [5, 5.41) is 4.24. The van der Waals surface area contributed by atoms with Crippen molar-refractivity contribution in [3.05, 3.63) is 51.5 Å². The van der Waals surface area contributed by atoms with Crippen LogP contribution in [0.2, 0.25) is 5.02 Å². The number of hydrogen-bond donors (Lipinski definition) is 1. The van der Waals surface area contributed by atoms with Crippen LogP contribution in [0.5, 0.6) is 11.5 Å². The number of nitrogens with one attached hydrogen (secondary N) is 1. The lowest BCUT2D eigenvalue weighted by Crippen LogP contribution is -2.18. The molecule has 0 unspecified atom stereocenters. The van der Waals surface area contributed by atoms with Crippen molar-refractivity contribution in [3.63, 3.8) is 0 Å². The maximum absolute atomic E-state index is 12.1. The monoisotopic (exact) mass is 446 g/mol. The molecule has 2 aromatic rings. The Morgan fingerprint density at radius 2 is 1.96 bits per heavy atom. The van der Waals surface area contributed by atoms with Crippen LogP contribution >= 0.6 is 27.5 Å². The van der Waals surface area contributed by atoms with E-state index in [2.05, 4.69) is 25.9 Å². The number of hydrogen-bond acceptors (Lipinski definition) is 5. The van der Waals surface area contributed by atoms with Crippen LogP contribution in [0.3, 0.4) is 0 Å². The van der Waals surface area contributed by atoms with E-state index < -0.39 is 10.0 Å². The molecular weight excluding hydrogens is 432 g/mol. The molecule has 0 amide bonds. The normalized spacial score (nSPS) is 11.5. The number of halogens is 2. The standard InChI is InChI=1S/C16H16BrClN2O4S/c1-3-24-16-14(17)8-11(9-15(16)23-2)10-19-20-25(21,22)13-6-4-12(18)5-7-13/h4-10,20H,3H2,1-2H3. The summed E-state index contributed by atoms with van der Waals surface area (Å²) in [6.07, 6.45) is 1.37. The highest BCUT2D eigenvalue weighted by atomic mass is 79.9. The minimum atomic E-state index is -3.76. The number of ether oxygens (including phenoxy) is 2. The fourth-order valence-corrected chi connectivity index (χ4v) is 3.43. The van der Waals surface area contributed by atoms with E-state index in [4.69, 9.17) is 21.1 Å². The first-order chi connectivity index (χ1) is 11.9. The Hall–Kier alpha value is -1.77. The van der Waals surface area contributed by atoms with Gasteiger partial charge in [-0.05, 0) is 64.8 Å². The van der Waals surface area contributed by atoms with Crippen molar-refractivity contribution >= 4 is 43.8 Å². The van der Waals surface area contributed by atoms with E-state index in [1.54, 1.807) is 12.1 Å². The molecule has 0 aromatic heterocycles. The van der Waals surface area contributed by atoms with Gasteiger partial charge in [-0.25, -0.2) is 4.83 Å². The van der Waals surface area contributed by atoms with E-state index in [0.29, 0.717) is 33.2 Å². The van der Waals surface area contributed by atoms with Crippen LogP contribution in [0, 0.1) is 0 Å². The van der Waals surface area contributed by atoms with Gasteiger partial charge in [0.15, 0.2) is 11.5 Å². The Bertz CT molecular complexity index is 870. The first-order valence-corrected chi connectivity index (χ1v) is 9.83. The second-order valence-electron chi connectivity index (χ2n) is 4.77. The summed E-state index contributed by atoms with van der Waals surface area (Å²) in [6, 6.07) is 9.22. The Morgan fingerprint density at radius 1 is 1.28 bits per heavy atom. The quantitative estimate of drug-likeness (QED) is 0.517. The van der Waals surface area contributed by atoms with Crippen LogP contribution in [0.1, 0.15) is 12.5 Å². The predicted molar refractivity (Wildman–Crippen MR) is 101 cm³/mol. The molecule has 0 saturated carbocycles. The number of rotatable bonds is 7. The zero-order valence-corrected chi connectivity index (χ0v) is 16.7. The highest BCUT2D eigenvalue weighted by Gasteiger charge is 2.13. The summed E-state index contributed by atoms with van der Waals surface area (Å²) in [6.45, 7) is 2.36. The minimum Gasteiger partial charge on any atom is -0.493 e. The molecule has 0 radical (unpaired) electrons. The first kappa shape index (κ1) is 19.6. The van der Waals surface area contributed by atoms with Gasteiger partial charge in [0.1, 0.15) is 0 Å². The lowest BCUT2D eigenvalue weighted by Gasteiger charge is -2.12. The SMILES string of the molecule is CCOc1c(Br)cc(C=NNS(=O)(=O)c2ccc(Cl)cc2)cc1OC. The molecule has 0 atom stereocenters. The second kappa shape index (κ2) is 8.55. The molecule has 0 bridgehead atoms. The van der Waals surface area contributed by atoms with Gasteiger partial charge < -0.3 is 9.47 Å². The molecule has 6 nitrogen and oxygen atoms in total. The van der Waals surface area contributed by atoms with Gasteiger partial charge in [-0.2, -0.15) is 13.5 Å². The molecule has 2 aromatic carbocycles. The predicted octanol–water partition coefficient (Wildman–Crippen LogP) is 3.82. The number of methoxy groups -OCH3 is 1. The molecule has 0 aliphatic carbocycles. The van der Waals surface area contributed by atoms with E-state index in [9.17, 15) is 8.42 Å². The zero-order chi connectivity index (χ0) is 18.4. The summed E-state index contributed by atoms with van der Waals surface area (Å²) in [4.78, 5) is 2.22. The van der Waals surface area contributed by atoms with Gasteiger partial charge >= 0.3 is 0 Å². The maximum atomic E-state index is 12.1. The second-order valence-corrected chi connectivity index (χ2v) is 7.73. The van der Waals surface area contributed by atoms with Gasteiger partial charge in [0, 0.05) is 5.02 Å². The Morgan fingerprint density at radius 3 is 2.56 bits per heavy atom. The Balaban J connectivity index is 2.19. The van der Waals surface area contributed by atoms with Gasteiger partial charge in [0.05, 0.1) is 29.3 Å². The van der Waals surface area contributed by atoms with Crippen molar-refractivity contribution in [1.82, 2.24) is 4.83 Å². The summed E-state index contributed by atoms with van der Waals surface area (Å²) >= 11 is 9.15. The third-order valence-electron chi connectivity index (χ3n) is 3.05. The fraction of sp³-hybridized carbons (Fsp3) is 0.188. The summed E-state index contributed by atoms with van der Waals surface area (Å²) in [5.41, 5.74) is 0.631. The van der Waals surface area contributed by atoms with Crippen LogP contribution in [0.15, 0.2) is 50.9 Å². The molecule has 0 heterocycles. The molecule has 0 spiro atoms. The molecule has 0 aliphatic heterocycles. The van der Waals surface area contributed by atoms with E-state index >= 15 is 0 Å². The van der Waals surface area contributed by atoms with Crippen LogP contribution < -0.4 is 14.3 Å². The lowest BCUT2D eigenvalue weighted by atomic mass is 10.2. The third kappa shape index (κ3) is 5.10. The third-order valence-corrected chi connectivity index (χ3v) is 5.13. The van der Waals surface area contributed by atoms with Crippen molar-refractivity contribution in [2.45, 2.75) is 11.8 Å². The number of hydrazone groups is 1.